The Kier molecular flexibility index (Phi) is 6.55. The number of amides is 5. The van der Waals surface area contributed by atoms with E-state index in [0.29, 0.717) is 27.2 Å². The number of hydrogen-bond acceptors (Lipinski definition) is 5. The van der Waals surface area contributed by atoms with Crippen molar-refractivity contribution in [1.82, 2.24) is 0 Å². The molecule has 0 radical (unpaired) electrons. The summed E-state index contributed by atoms with van der Waals surface area (Å²) in [6, 6.07) is 20.8. The SMILES string of the molecule is NC(=O)COc1ccc(C=C2C(=O)N(c3ccccc3)C(=O)N(c3ccccc3)C2=O)cc1Br. The smallest absolute Gasteiger partial charge is 0.343 e. The number of carbonyl (C=O) groups is 4. The highest BCUT2D eigenvalue weighted by Gasteiger charge is 2.43. The Morgan fingerprint density at radius 1 is 0.853 bits per heavy atom. The average molecular weight is 520 g/mol. The number of nitrogens with two attached hydrogens (primary N) is 1. The predicted molar refractivity (Wildman–Crippen MR) is 130 cm³/mol. The zero-order chi connectivity index (χ0) is 24.2. The van der Waals surface area contributed by atoms with Crippen LogP contribution in [0.5, 0.6) is 5.75 Å². The molecule has 3 aromatic carbocycles. The summed E-state index contributed by atoms with van der Waals surface area (Å²) in [7, 11) is 0. The van der Waals surface area contributed by atoms with Crippen LogP contribution in [-0.4, -0.2) is 30.4 Å². The number of halogens is 1. The molecule has 0 spiro atoms. The number of ether oxygens (including phenoxy) is 1. The van der Waals surface area contributed by atoms with Gasteiger partial charge in [-0.2, -0.15) is 0 Å². The van der Waals surface area contributed by atoms with E-state index < -0.39 is 23.8 Å². The fourth-order valence-electron chi connectivity index (χ4n) is 3.38. The zero-order valence-corrected chi connectivity index (χ0v) is 19.3. The van der Waals surface area contributed by atoms with Crippen molar-refractivity contribution in [3.63, 3.8) is 0 Å². The number of barbiturate groups is 1. The Hall–Kier alpha value is -4.24. The Bertz CT molecular complexity index is 1250. The van der Waals surface area contributed by atoms with Crippen LogP contribution in [0.25, 0.3) is 6.08 Å². The van der Waals surface area contributed by atoms with E-state index in [4.69, 9.17) is 10.5 Å². The third kappa shape index (κ3) is 4.60. The van der Waals surface area contributed by atoms with Crippen LogP contribution in [0.15, 0.2) is 88.9 Å². The van der Waals surface area contributed by atoms with Gasteiger partial charge in [0.25, 0.3) is 17.7 Å². The van der Waals surface area contributed by atoms with Gasteiger partial charge in [0.05, 0.1) is 15.8 Å². The number of rotatable bonds is 6. The molecule has 34 heavy (non-hydrogen) atoms. The molecule has 1 aliphatic rings. The first-order valence-electron chi connectivity index (χ1n) is 10.1. The number of hydrogen-bond donors (Lipinski definition) is 1. The van der Waals surface area contributed by atoms with E-state index in [1.165, 1.54) is 6.08 Å². The van der Waals surface area contributed by atoms with Gasteiger partial charge in [0.15, 0.2) is 6.61 Å². The predicted octanol–water partition coefficient (Wildman–Crippen LogP) is 3.90. The number of imide groups is 2. The third-order valence-electron chi connectivity index (χ3n) is 4.92. The molecule has 170 valence electrons. The van der Waals surface area contributed by atoms with Gasteiger partial charge in [-0.3, -0.25) is 14.4 Å². The second kappa shape index (κ2) is 9.72. The lowest BCUT2D eigenvalue weighted by Crippen LogP contribution is -2.57. The molecule has 1 fully saturated rings. The quantitative estimate of drug-likeness (QED) is 0.392. The van der Waals surface area contributed by atoms with Crippen LogP contribution in [0.1, 0.15) is 5.56 Å². The molecular formula is C25H18BrN3O5. The highest BCUT2D eigenvalue weighted by Crippen LogP contribution is 2.31. The molecule has 0 atom stereocenters. The zero-order valence-electron chi connectivity index (χ0n) is 17.7. The fraction of sp³-hybridized carbons (Fsp3) is 0.0400. The molecule has 1 aliphatic heterocycles. The summed E-state index contributed by atoms with van der Waals surface area (Å²) in [4.78, 5) is 52.9. The van der Waals surface area contributed by atoms with E-state index in [0.717, 1.165) is 9.80 Å². The van der Waals surface area contributed by atoms with Gasteiger partial charge in [0, 0.05) is 0 Å². The van der Waals surface area contributed by atoms with E-state index in [9.17, 15) is 19.2 Å². The molecule has 4 rings (SSSR count). The molecule has 3 aromatic rings. The van der Waals surface area contributed by atoms with Crippen LogP contribution in [0.4, 0.5) is 16.2 Å². The summed E-state index contributed by atoms with van der Waals surface area (Å²) in [6.07, 6.45) is 1.41. The molecule has 1 heterocycles. The molecule has 2 N–H and O–H groups in total. The topological polar surface area (TPSA) is 110 Å². The maximum atomic E-state index is 13.4. The fourth-order valence-corrected chi connectivity index (χ4v) is 3.89. The second-order valence-corrected chi connectivity index (χ2v) is 8.09. The third-order valence-corrected chi connectivity index (χ3v) is 5.53. The van der Waals surface area contributed by atoms with Gasteiger partial charge in [0.2, 0.25) is 0 Å². The normalized spacial score (nSPS) is 13.8. The minimum Gasteiger partial charge on any atom is -0.483 e. The van der Waals surface area contributed by atoms with Crippen molar-refractivity contribution in [1.29, 1.82) is 0 Å². The van der Waals surface area contributed by atoms with Crippen molar-refractivity contribution in [3.05, 3.63) is 94.5 Å². The molecular weight excluding hydrogens is 502 g/mol. The molecule has 0 saturated carbocycles. The molecule has 9 heteroatoms. The molecule has 8 nitrogen and oxygen atoms in total. The van der Waals surface area contributed by atoms with E-state index in [1.54, 1.807) is 78.9 Å². The minimum absolute atomic E-state index is 0.190. The van der Waals surface area contributed by atoms with Crippen molar-refractivity contribution in [3.8, 4) is 5.75 Å². The van der Waals surface area contributed by atoms with Crippen LogP contribution >= 0.6 is 15.9 Å². The number of benzene rings is 3. The lowest BCUT2D eigenvalue weighted by atomic mass is 10.0. The number of carbonyl (C=O) groups excluding carboxylic acids is 4. The lowest BCUT2D eigenvalue weighted by Gasteiger charge is -2.33. The van der Waals surface area contributed by atoms with Crippen molar-refractivity contribution >= 4 is 57.1 Å². The summed E-state index contributed by atoms with van der Waals surface area (Å²) < 4.78 is 5.81. The first-order chi connectivity index (χ1) is 16.4. The standard InChI is InChI=1S/C25H18BrN3O5/c26-20-14-16(11-12-21(20)34-15-22(27)30)13-19-23(31)28(17-7-3-1-4-8-17)25(33)29(24(19)32)18-9-5-2-6-10-18/h1-14H,15H2,(H2,27,30). The first kappa shape index (κ1) is 22.9. The Morgan fingerprint density at radius 2 is 1.38 bits per heavy atom. The Balaban J connectivity index is 1.77. The highest BCUT2D eigenvalue weighted by atomic mass is 79.9. The number of para-hydroxylation sites is 2. The molecule has 0 unspecified atom stereocenters. The van der Waals surface area contributed by atoms with Gasteiger partial charge >= 0.3 is 6.03 Å². The van der Waals surface area contributed by atoms with E-state index in [2.05, 4.69) is 15.9 Å². The summed E-state index contributed by atoms with van der Waals surface area (Å²) in [6.45, 7) is -0.295. The molecule has 5 amide bonds. The van der Waals surface area contributed by atoms with Gasteiger partial charge in [-0.15, -0.1) is 0 Å². The molecule has 1 saturated heterocycles. The van der Waals surface area contributed by atoms with Gasteiger partial charge in [-0.1, -0.05) is 42.5 Å². The molecule has 0 bridgehead atoms. The maximum Gasteiger partial charge on any atom is 0.343 e. The van der Waals surface area contributed by atoms with Gasteiger partial charge in [0.1, 0.15) is 11.3 Å². The monoisotopic (exact) mass is 519 g/mol. The average Bonchev–Trinajstić information content (AvgIpc) is 2.82. The maximum absolute atomic E-state index is 13.4. The van der Waals surface area contributed by atoms with Crippen molar-refractivity contribution in [2.24, 2.45) is 5.73 Å². The van der Waals surface area contributed by atoms with E-state index in [-0.39, 0.29) is 12.2 Å². The van der Waals surface area contributed by atoms with Crippen LogP contribution in [-0.2, 0) is 14.4 Å². The number of urea groups is 1. The van der Waals surface area contributed by atoms with Gasteiger partial charge in [-0.05, 0) is 64.0 Å². The number of anilines is 2. The Labute approximate surface area is 203 Å². The summed E-state index contributed by atoms with van der Waals surface area (Å²) in [5, 5.41) is 0. The first-order valence-corrected chi connectivity index (χ1v) is 10.9. The molecule has 0 aromatic heterocycles. The Morgan fingerprint density at radius 3 is 1.85 bits per heavy atom. The van der Waals surface area contributed by atoms with Crippen molar-refractivity contribution in [2.45, 2.75) is 0 Å². The van der Waals surface area contributed by atoms with Gasteiger partial charge in [-0.25, -0.2) is 14.6 Å². The van der Waals surface area contributed by atoms with E-state index in [1.807, 2.05) is 0 Å². The largest absolute Gasteiger partial charge is 0.483 e. The highest BCUT2D eigenvalue weighted by molar-refractivity contribution is 9.10. The number of nitrogens with zero attached hydrogens (tertiary/aromatic N) is 2. The van der Waals surface area contributed by atoms with Crippen molar-refractivity contribution < 1.29 is 23.9 Å². The van der Waals surface area contributed by atoms with Crippen LogP contribution in [0.2, 0.25) is 0 Å². The minimum atomic E-state index is -0.763. The van der Waals surface area contributed by atoms with Crippen LogP contribution in [0.3, 0.4) is 0 Å². The number of primary amides is 1. The van der Waals surface area contributed by atoms with Crippen LogP contribution < -0.4 is 20.3 Å². The van der Waals surface area contributed by atoms with E-state index >= 15 is 0 Å². The summed E-state index contributed by atoms with van der Waals surface area (Å²) >= 11 is 3.35. The van der Waals surface area contributed by atoms with Crippen LogP contribution in [0, 0.1) is 0 Å². The summed E-state index contributed by atoms with van der Waals surface area (Å²) in [5.41, 5.74) is 6.10. The second-order valence-electron chi connectivity index (χ2n) is 7.24. The molecule has 0 aliphatic carbocycles. The lowest BCUT2D eigenvalue weighted by molar-refractivity contribution is -0.121. The van der Waals surface area contributed by atoms with Gasteiger partial charge < -0.3 is 10.5 Å². The summed E-state index contributed by atoms with van der Waals surface area (Å²) in [5.74, 6) is -1.73. The van der Waals surface area contributed by atoms with Crippen molar-refractivity contribution in [2.75, 3.05) is 16.4 Å².